The molecular formula is C22H31BrO4. The van der Waals surface area contributed by atoms with Gasteiger partial charge in [0.1, 0.15) is 5.75 Å². The minimum absolute atomic E-state index is 0.00384. The Bertz CT molecular complexity index is 742. The van der Waals surface area contributed by atoms with Crippen molar-refractivity contribution in [2.75, 3.05) is 13.7 Å². The van der Waals surface area contributed by atoms with Gasteiger partial charge in [-0.3, -0.25) is 4.79 Å². The van der Waals surface area contributed by atoms with Gasteiger partial charge in [0.25, 0.3) is 0 Å². The van der Waals surface area contributed by atoms with Gasteiger partial charge in [0.05, 0.1) is 31.3 Å². The first kappa shape index (κ1) is 20.7. The Morgan fingerprint density at radius 1 is 1.37 bits per heavy atom. The number of carbonyl (C=O) groups is 1. The number of epoxide rings is 1. The summed E-state index contributed by atoms with van der Waals surface area (Å²) in [7, 11) is 1.67. The van der Waals surface area contributed by atoms with Gasteiger partial charge in [-0.1, -0.05) is 22.9 Å². The molecule has 5 heteroatoms. The highest BCUT2D eigenvalue weighted by Crippen LogP contribution is 2.52. The molecule has 0 spiro atoms. The van der Waals surface area contributed by atoms with Crippen molar-refractivity contribution in [2.24, 2.45) is 5.41 Å². The number of rotatable bonds is 6. The minimum atomic E-state index is -0.293. The molecule has 1 aliphatic carbocycles. The van der Waals surface area contributed by atoms with Crippen LogP contribution in [-0.4, -0.2) is 31.4 Å². The quantitative estimate of drug-likeness (QED) is 0.445. The van der Waals surface area contributed by atoms with E-state index in [0.29, 0.717) is 12.7 Å². The van der Waals surface area contributed by atoms with Crippen molar-refractivity contribution in [2.45, 2.75) is 77.9 Å². The molecule has 0 bridgehead atoms. The van der Waals surface area contributed by atoms with Gasteiger partial charge in [0.2, 0.25) is 0 Å². The topological polar surface area (TPSA) is 48.1 Å². The van der Waals surface area contributed by atoms with Crippen molar-refractivity contribution < 1.29 is 19.0 Å². The zero-order valence-corrected chi connectivity index (χ0v) is 18.9. The van der Waals surface area contributed by atoms with Gasteiger partial charge in [0.15, 0.2) is 0 Å². The molecule has 4 nitrogen and oxygen atoms in total. The average molecular weight is 439 g/mol. The van der Waals surface area contributed by atoms with Crippen LogP contribution in [0.25, 0.3) is 0 Å². The maximum Gasteiger partial charge on any atom is 0.313 e. The van der Waals surface area contributed by atoms with Gasteiger partial charge in [-0.15, -0.1) is 0 Å². The van der Waals surface area contributed by atoms with Gasteiger partial charge < -0.3 is 14.2 Å². The van der Waals surface area contributed by atoms with Crippen LogP contribution in [0.1, 0.15) is 69.6 Å². The predicted octanol–water partition coefficient (Wildman–Crippen LogP) is 5.32. The molecule has 0 N–H and O–H groups in total. The van der Waals surface area contributed by atoms with Crippen LogP contribution in [0.4, 0.5) is 0 Å². The normalized spacial score (nSPS) is 28.4. The fourth-order valence-electron chi connectivity index (χ4n) is 4.51. The highest BCUT2D eigenvalue weighted by atomic mass is 79.9. The van der Waals surface area contributed by atoms with Crippen LogP contribution in [0.5, 0.6) is 5.75 Å². The SMILES string of the molecule is CCOC(=O)C1C[C@](C)(CCC2OC2(C)C)Cc2c(Br)c(C)cc(OC)c21. The van der Waals surface area contributed by atoms with Crippen molar-refractivity contribution in [3.05, 3.63) is 27.2 Å². The zero-order valence-electron chi connectivity index (χ0n) is 17.3. The lowest BCUT2D eigenvalue weighted by atomic mass is 9.65. The van der Waals surface area contributed by atoms with E-state index in [1.807, 2.05) is 13.0 Å². The second-order valence-corrected chi connectivity index (χ2v) is 9.64. The first-order valence-electron chi connectivity index (χ1n) is 9.82. The molecule has 1 saturated heterocycles. The summed E-state index contributed by atoms with van der Waals surface area (Å²) in [6.07, 6.45) is 4.07. The van der Waals surface area contributed by atoms with Crippen molar-refractivity contribution in [1.82, 2.24) is 0 Å². The maximum absolute atomic E-state index is 12.8. The Morgan fingerprint density at radius 3 is 2.59 bits per heavy atom. The number of hydrogen-bond donors (Lipinski definition) is 0. The van der Waals surface area contributed by atoms with E-state index >= 15 is 0 Å². The summed E-state index contributed by atoms with van der Waals surface area (Å²) in [6, 6.07) is 2.01. The summed E-state index contributed by atoms with van der Waals surface area (Å²) in [6.45, 7) is 10.9. The summed E-state index contributed by atoms with van der Waals surface area (Å²) in [5.41, 5.74) is 3.34. The molecule has 0 aromatic heterocycles. The average Bonchev–Trinajstić information content (AvgIpc) is 3.23. The van der Waals surface area contributed by atoms with Gasteiger partial charge in [0, 0.05) is 10.0 Å². The van der Waals surface area contributed by atoms with Gasteiger partial charge in [-0.25, -0.2) is 0 Å². The number of halogens is 1. The van der Waals surface area contributed by atoms with E-state index in [1.165, 1.54) is 5.56 Å². The molecule has 1 aliphatic heterocycles. The first-order chi connectivity index (χ1) is 12.6. The van der Waals surface area contributed by atoms with Crippen LogP contribution in [0.2, 0.25) is 0 Å². The second kappa shape index (κ2) is 7.40. The summed E-state index contributed by atoms with van der Waals surface area (Å²) in [5, 5.41) is 0. The third kappa shape index (κ3) is 4.04. The summed E-state index contributed by atoms with van der Waals surface area (Å²) in [5.74, 6) is 0.345. The molecule has 1 fully saturated rings. The van der Waals surface area contributed by atoms with Gasteiger partial charge in [-0.05, 0) is 76.0 Å². The molecule has 1 heterocycles. The molecule has 150 valence electrons. The van der Waals surface area contributed by atoms with Crippen molar-refractivity contribution in [3.63, 3.8) is 0 Å². The Labute approximate surface area is 171 Å². The lowest BCUT2D eigenvalue weighted by Gasteiger charge is -2.40. The molecule has 0 radical (unpaired) electrons. The molecule has 1 aromatic carbocycles. The highest BCUT2D eigenvalue weighted by Gasteiger charge is 2.49. The number of benzene rings is 1. The Morgan fingerprint density at radius 2 is 2.04 bits per heavy atom. The van der Waals surface area contributed by atoms with Crippen LogP contribution in [0.3, 0.4) is 0 Å². The number of ether oxygens (including phenoxy) is 3. The molecule has 1 aromatic rings. The molecule has 3 atom stereocenters. The minimum Gasteiger partial charge on any atom is -0.496 e. The molecule has 0 amide bonds. The van der Waals surface area contributed by atoms with E-state index in [0.717, 1.165) is 47.0 Å². The molecule has 0 saturated carbocycles. The molecular weight excluding hydrogens is 408 g/mol. The van der Waals surface area contributed by atoms with Crippen LogP contribution in [0, 0.1) is 12.3 Å². The van der Waals surface area contributed by atoms with E-state index in [4.69, 9.17) is 14.2 Å². The fourth-order valence-corrected chi connectivity index (χ4v) is 4.98. The van der Waals surface area contributed by atoms with Crippen LogP contribution in [-0.2, 0) is 20.7 Å². The zero-order chi connectivity index (χ0) is 20.0. The maximum atomic E-state index is 12.8. The predicted molar refractivity (Wildman–Crippen MR) is 109 cm³/mol. The molecule has 27 heavy (non-hydrogen) atoms. The molecule has 2 unspecified atom stereocenters. The van der Waals surface area contributed by atoms with Crippen molar-refractivity contribution in [3.8, 4) is 5.75 Å². The Kier molecular flexibility index (Phi) is 5.66. The number of carbonyl (C=O) groups excluding carboxylic acids is 1. The summed E-state index contributed by atoms with van der Waals surface area (Å²) < 4.78 is 18.0. The summed E-state index contributed by atoms with van der Waals surface area (Å²) >= 11 is 3.77. The Hall–Kier alpha value is -1.07. The van der Waals surface area contributed by atoms with E-state index in [2.05, 4.69) is 43.6 Å². The van der Waals surface area contributed by atoms with Crippen molar-refractivity contribution in [1.29, 1.82) is 0 Å². The van der Waals surface area contributed by atoms with E-state index in [9.17, 15) is 4.79 Å². The standard InChI is InChI=1S/C22H31BrO4/c1-7-26-20(24)15-12-22(5,9-8-17-21(3,4)27-17)11-14-18(15)16(25-6)10-13(2)19(14)23/h10,15,17H,7-9,11-12H2,1-6H3/t15?,17?,22-/m1/s1. The number of hydrogen-bond acceptors (Lipinski definition) is 4. The molecule has 3 rings (SSSR count). The third-order valence-corrected chi connectivity index (χ3v) is 7.27. The van der Waals surface area contributed by atoms with Crippen LogP contribution < -0.4 is 4.74 Å². The lowest BCUT2D eigenvalue weighted by Crippen LogP contribution is -2.34. The highest BCUT2D eigenvalue weighted by molar-refractivity contribution is 9.10. The van der Waals surface area contributed by atoms with E-state index in [-0.39, 0.29) is 22.9 Å². The van der Waals surface area contributed by atoms with Crippen LogP contribution >= 0.6 is 15.9 Å². The number of esters is 1. The third-order valence-electron chi connectivity index (χ3n) is 6.16. The molecule has 2 aliphatic rings. The smallest absolute Gasteiger partial charge is 0.313 e. The van der Waals surface area contributed by atoms with E-state index in [1.54, 1.807) is 7.11 Å². The number of methoxy groups -OCH3 is 1. The Balaban J connectivity index is 1.96. The van der Waals surface area contributed by atoms with Crippen molar-refractivity contribution >= 4 is 21.9 Å². The first-order valence-corrected chi connectivity index (χ1v) is 10.6. The lowest BCUT2D eigenvalue weighted by molar-refractivity contribution is -0.146. The number of aryl methyl sites for hydroxylation is 1. The fraction of sp³-hybridized carbons (Fsp3) is 0.682. The largest absolute Gasteiger partial charge is 0.496 e. The van der Waals surface area contributed by atoms with E-state index < -0.39 is 0 Å². The van der Waals surface area contributed by atoms with Gasteiger partial charge in [-0.2, -0.15) is 0 Å². The second-order valence-electron chi connectivity index (χ2n) is 8.85. The monoisotopic (exact) mass is 438 g/mol. The van der Waals surface area contributed by atoms with Crippen LogP contribution in [0.15, 0.2) is 10.5 Å². The number of fused-ring (bicyclic) bond motifs is 1. The van der Waals surface area contributed by atoms with Gasteiger partial charge >= 0.3 is 5.97 Å². The summed E-state index contributed by atoms with van der Waals surface area (Å²) in [4.78, 5) is 12.8.